The summed E-state index contributed by atoms with van der Waals surface area (Å²) < 4.78 is 28.2. The summed E-state index contributed by atoms with van der Waals surface area (Å²) in [5.41, 5.74) is 2.41. The summed E-state index contributed by atoms with van der Waals surface area (Å²) in [6.07, 6.45) is 7.35. The molecule has 2 aromatic rings. The van der Waals surface area contributed by atoms with E-state index in [0.29, 0.717) is 31.8 Å². The second kappa shape index (κ2) is 16.2. The standard InChI is InChI=1S/C32H48N2O6/c1-36-18-15-24-8-11-28(12-9-24)40-23-27(35)21-33-26-14-17-34(22-26)29-6-4-5-7-30(29)39-19-16-25-10-13-31(37-2)32(20-25)38-3/h8-13,20,26-27,29-30,33,35H,4-7,14-19,21-23H2,1-3H3/t26-,27?,29+,30+/m0/s1. The van der Waals surface area contributed by atoms with Gasteiger partial charge in [-0.2, -0.15) is 0 Å². The van der Waals surface area contributed by atoms with Crippen LogP contribution in [0.1, 0.15) is 43.2 Å². The highest BCUT2D eigenvalue weighted by Crippen LogP contribution is 2.30. The molecule has 1 aliphatic carbocycles. The third kappa shape index (κ3) is 9.08. The van der Waals surface area contributed by atoms with Crippen LogP contribution in [-0.4, -0.2) is 95.1 Å². The normalized spacial score (nSPS) is 22.2. The number of nitrogens with zero attached hydrogens (tertiary/aromatic N) is 1. The van der Waals surface area contributed by atoms with Gasteiger partial charge in [0.05, 0.1) is 33.5 Å². The molecule has 2 fully saturated rings. The van der Waals surface area contributed by atoms with Gasteiger partial charge >= 0.3 is 0 Å². The molecule has 2 N–H and O–H groups in total. The zero-order valence-corrected chi connectivity index (χ0v) is 24.5. The second-order valence-corrected chi connectivity index (χ2v) is 10.9. The monoisotopic (exact) mass is 556 g/mol. The van der Waals surface area contributed by atoms with E-state index in [1.165, 1.54) is 30.4 Å². The molecule has 1 unspecified atom stereocenters. The summed E-state index contributed by atoms with van der Waals surface area (Å²) >= 11 is 0. The maximum absolute atomic E-state index is 10.5. The van der Waals surface area contributed by atoms with Crippen molar-refractivity contribution in [2.45, 2.75) is 69.2 Å². The highest BCUT2D eigenvalue weighted by molar-refractivity contribution is 5.42. The number of aliphatic hydroxyl groups excluding tert-OH is 1. The lowest BCUT2D eigenvalue weighted by atomic mass is 9.91. The topological polar surface area (TPSA) is 81.7 Å². The highest BCUT2D eigenvalue weighted by Gasteiger charge is 2.35. The van der Waals surface area contributed by atoms with Crippen molar-refractivity contribution < 1.29 is 28.8 Å². The van der Waals surface area contributed by atoms with E-state index in [4.69, 9.17) is 23.7 Å². The number of benzene rings is 2. The summed E-state index contributed by atoms with van der Waals surface area (Å²) in [6.45, 7) is 4.28. The Bertz CT molecular complexity index is 1000. The molecule has 1 saturated carbocycles. The van der Waals surface area contributed by atoms with E-state index in [0.717, 1.165) is 56.0 Å². The van der Waals surface area contributed by atoms with E-state index >= 15 is 0 Å². The van der Waals surface area contributed by atoms with Gasteiger partial charge in [-0.3, -0.25) is 4.90 Å². The van der Waals surface area contributed by atoms with Crippen molar-refractivity contribution in [3.63, 3.8) is 0 Å². The van der Waals surface area contributed by atoms with E-state index in [1.807, 2.05) is 36.4 Å². The van der Waals surface area contributed by atoms with Crippen LogP contribution in [0.15, 0.2) is 42.5 Å². The van der Waals surface area contributed by atoms with Crippen molar-refractivity contribution in [2.24, 2.45) is 0 Å². The largest absolute Gasteiger partial charge is 0.493 e. The number of hydrogen-bond donors (Lipinski definition) is 2. The molecule has 0 amide bonds. The van der Waals surface area contributed by atoms with Gasteiger partial charge in [-0.1, -0.05) is 31.0 Å². The molecule has 40 heavy (non-hydrogen) atoms. The number of rotatable bonds is 16. The van der Waals surface area contributed by atoms with Gasteiger partial charge in [0.15, 0.2) is 11.5 Å². The first-order valence-electron chi connectivity index (χ1n) is 14.8. The highest BCUT2D eigenvalue weighted by atomic mass is 16.5. The maximum atomic E-state index is 10.5. The fourth-order valence-corrected chi connectivity index (χ4v) is 5.84. The van der Waals surface area contributed by atoms with Crippen molar-refractivity contribution in [3.8, 4) is 17.2 Å². The molecule has 222 valence electrons. The minimum Gasteiger partial charge on any atom is -0.493 e. The number of hydrogen-bond acceptors (Lipinski definition) is 8. The van der Waals surface area contributed by atoms with Crippen LogP contribution in [0.2, 0.25) is 0 Å². The minimum absolute atomic E-state index is 0.271. The van der Waals surface area contributed by atoms with Crippen molar-refractivity contribution in [1.29, 1.82) is 0 Å². The van der Waals surface area contributed by atoms with Crippen molar-refractivity contribution in [2.75, 3.05) is 60.8 Å². The van der Waals surface area contributed by atoms with Crippen LogP contribution in [0.5, 0.6) is 17.2 Å². The third-order valence-corrected chi connectivity index (χ3v) is 8.13. The molecule has 1 heterocycles. The van der Waals surface area contributed by atoms with Crippen LogP contribution in [0.4, 0.5) is 0 Å². The molecule has 8 nitrogen and oxygen atoms in total. The average Bonchev–Trinajstić information content (AvgIpc) is 3.47. The quantitative estimate of drug-likeness (QED) is 0.323. The van der Waals surface area contributed by atoms with Crippen LogP contribution in [0.3, 0.4) is 0 Å². The fourth-order valence-electron chi connectivity index (χ4n) is 5.84. The molecule has 0 spiro atoms. The molecule has 2 aliphatic rings. The van der Waals surface area contributed by atoms with Gasteiger partial charge in [0.1, 0.15) is 18.5 Å². The van der Waals surface area contributed by atoms with E-state index in [9.17, 15) is 5.11 Å². The fraction of sp³-hybridized carbons (Fsp3) is 0.625. The Morgan fingerprint density at radius 3 is 2.42 bits per heavy atom. The summed E-state index contributed by atoms with van der Waals surface area (Å²) in [7, 11) is 5.04. The lowest BCUT2D eigenvalue weighted by molar-refractivity contribution is -0.0296. The molecular weight excluding hydrogens is 508 g/mol. The number of nitrogens with one attached hydrogen (secondary N) is 1. The summed E-state index contributed by atoms with van der Waals surface area (Å²) in [5.74, 6) is 2.29. The van der Waals surface area contributed by atoms with Gasteiger partial charge in [0.25, 0.3) is 0 Å². The maximum Gasteiger partial charge on any atom is 0.160 e. The summed E-state index contributed by atoms with van der Waals surface area (Å²) in [4.78, 5) is 2.60. The number of aliphatic hydroxyl groups is 1. The third-order valence-electron chi connectivity index (χ3n) is 8.13. The Morgan fingerprint density at radius 1 is 0.900 bits per heavy atom. The van der Waals surface area contributed by atoms with Crippen LogP contribution in [0.25, 0.3) is 0 Å². The minimum atomic E-state index is -0.551. The van der Waals surface area contributed by atoms with Crippen LogP contribution in [-0.2, 0) is 22.3 Å². The van der Waals surface area contributed by atoms with Gasteiger partial charge in [-0.05, 0) is 67.5 Å². The molecule has 0 radical (unpaired) electrons. The molecule has 0 aromatic heterocycles. The predicted octanol–water partition coefficient (Wildman–Crippen LogP) is 3.87. The van der Waals surface area contributed by atoms with Gasteiger partial charge in [-0.15, -0.1) is 0 Å². The van der Waals surface area contributed by atoms with Crippen molar-refractivity contribution in [1.82, 2.24) is 10.2 Å². The second-order valence-electron chi connectivity index (χ2n) is 10.9. The molecular formula is C32H48N2O6. The molecule has 0 bridgehead atoms. The Morgan fingerprint density at radius 2 is 1.65 bits per heavy atom. The Labute approximate surface area is 239 Å². The smallest absolute Gasteiger partial charge is 0.160 e. The van der Waals surface area contributed by atoms with Crippen LogP contribution in [0, 0.1) is 0 Å². The Balaban J connectivity index is 1.16. The van der Waals surface area contributed by atoms with E-state index in [2.05, 4.69) is 16.3 Å². The van der Waals surface area contributed by atoms with Gasteiger partial charge < -0.3 is 34.1 Å². The Kier molecular flexibility index (Phi) is 12.4. The average molecular weight is 557 g/mol. The predicted molar refractivity (Wildman–Crippen MR) is 157 cm³/mol. The summed E-state index contributed by atoms with van der Waals surface area (Å²) in [5, 5.41) is 14.1. The van der Waals surface area contributed by atoms with Crippen molar-refractivity contribution >= 4 is 0 Å². The van der Waals surface area contributed by atoms with Crippen molar-refractivity contribution in [3.05, 3.63) is 53.6 Å². The lowest BCUT2D eigenvalue weighted by Crippen LogP contribution is -2.47. The molecule has 2 aromatic carbocycles. The number of ether oxygens (including phenoxy) is 5. The van der Waals surface area contributed by atoms with Gasteiger partial charge in [0.2, 0.25) is 0 Å². The Hall–Kier alpha value is -2.36. The van der Waals surface area contributed by atoms with Gasteiger partial charge in [-0.25, -0.2) is 0 Å². The summed E-state index contributed by atoms with van der Waals surface area (Å²) in [6, 6.07) is 14.9. The van der Waals surface area contributed by atoms with E-state index < -0.39 is 6.10 Å². The first-order chi connectivity index (χ1) is 19.6. The molecule has 1 aliphatic heterocycles. The molecule has 4 atom stereocenters. The van der Waals surface area contributed by atoms with E-state index in [1.54, 1.807) is 21.3 Å². The SMILES string of the molecule is COCCc1ccc(OCC(O)CN[C@H]2CCN([C@@H]3CCCC[C@H]3OCCc3ccc(OC)c(OC)c3)C2)cc1. The van der Waals surface area contributed by atoms with E-state index in [-0.39, 0.29) is 12.7 Å². The zero-order valence-electron chi connectivity index (χ0n) is 24.5. The molecule has 4 rings (SSSR count). The van der Waals surface area contributed by atoms with Crippen LogP contribution >= 0.6 is 0 Å². The number of methoxy groups -OCH3 is 3. The first-order valence-corrected chi connectivity index (χ1v) is 14.8. The van der Waals surface area contributed by atoms with Crippen LogP contribution < -0.4 is 19.5 Å². The number of likely N-dealkylation sites (tertiary alicyclic amines) is 1. The molecule has 1 saturated heterocycles. The lowest BCUT2D eigenvalue weighted by Gasteiger charge is -2.38. The van der Waals surface area contributed by atoms with Gasteiger partial charge in [0, 0.05) is 38.8 Å². The molecule has 8 heteroatoms. The first kappa shape index (κ1) is 30.6. The zero-order chi connectivity index (χ0) is 28.2.